The Morgan fingerprint density at radius 3 is 2.54 bits per heavy atom. The lowest BCUT2D eigenvalue weighted by Crippen LogP contribution is -2.54. The lowest BCUT2D eigenvalue weighted by molar-refractivity contribution is -0.384. The first kappa shape index (κ1) is 48.7. The van der Waals surface area contributed by atoms with Crippen molar-refractivity contribution in [3.8, 4) is 23.1 Å². The number of carbonyl (C=O) groups is 1. The number of hydrogen-bond acceptors (Lipinski definition) is 14. The summed E-state index contributed by atoms with van der Waals surface area (Å²) in [5.74, 6) is 0.0545. The van der Waals surface area contributed by atoms with Gasteiger partial charge in [-0.3, -0.25) is 19.8 Å². The maximum atomic E-state index is 14.4. The first-order chi connectivity index (χ1) is 34.1. The van der Waals surface area contributed by atoms with Crippen LogP contribution in [0, 0.1) is 21.4 Å². The molecule has 5 heterocycles. The van der Waals surface area contributed by atoms with Crippen LogP contribution in [0.2, 0.25) is 0 Å². The molecule has 2 saturated carbocycles. The van der Waals surface area contributed by atoms with Gasteiger partial charge in [0.2, 0.25) is 0 Å². The molecular weight excluding hydrogens is 925 g/mol. The van der Waals surface area contributed by atoms with Gasteiger partial charge in [-0.25, -0.2) is 13.1 Å². The van der Waals surface area contributed by atoms with Gasteiger partial charge in [-0.1, -0.05) is 38.1 Å². The molecule has 71 heavy (non-hydrogen) atoms. The molecule has 10 rings (SSSR count). The number of benzene rings is 3. The number of nitro benzene ring substituents is 1. The molecule has 17 nitrogen and oxygen atoms in total. The van der Waals surface area contributed by atoms with Gasteiger partial charge in [0, 0.05) is 67.2 Å². The van der Waals surface area contributed by atoms with Crippen molar-refractivity contribution in [2.45, 2.75) is 120 Å². The molecule has 5 aliphatic rings. The summed E-state index contributed by atoms with van der Waals surface area (Å²) in [7, 11) is -2.90. The van der Waals surface area contributed by atoms with Gasteiger partial charge < -0.3 is 39.8 Å². The Bertz CT molecular complexity index is 2900. The van der Waals surface area contributed by atoms with Gasteiger partial charge in [0.05, 0.1) is 27.0 Å². The summed E-state index contributed by atoms with van der Waals surface area (Å²) in [6.07, 6.45) is 11.2. The Hall–Kier alpha value is -5.95. The van der Waals surface area contributed by atoms with Crippen LogP contribution in [0.25, 0.3) is 11.0 Å². The van der Waals surface area contributed by atoms with Gasteiger partial charge >= 0.3 is 0 Å². The SMILES string of the molecule is CNCCOc1nc2[nH]ccc2cc1Oc1cc(N2CCC3(CC2)CC(N2CCC[C@H]2c2ccccc2C(C)C)C3)ccc1C(=O)NS(=O)(=O)c1cc2c(c([N+](=O)[O-])c1)N[C@@H]([C@H]1CC[C@](C)(O)CC1)CO2. The summed E-state index contributed by atoms with van der Waals surface area (Å²) in [5.41, 5.74) is 3.34. The number of likely N-dealkylation sites (tertiary alicyclic amines) is 1. The van der Waals surface area contributed by atoms with E-state index in [4.69, 9.17) is 14.2 Å². The smallest absolute Gasteiger partial charge is 0.297 e. The van der Waals surface area contributed by atoms with E-state index in [1.807, 2.05) is 26.1 Å². The molecule has 3 aliphatic heterocycles. The number of aromatic nitrogens is 2. The van der Waals surface area contributed by atoms with Gasteiger partial charge in [0.1, 0.15) is 24.6 Å². The van der Waals surface area contributed by atoms with E-state index in [0.29, 0.717) is 55.9 Å². The Morgan fingerprint density at radius 2 is 1.79 bits per heavy atom. The number of carbonyl (C=O) groups excluding carboxylic acids is 1. The highest BCUT2D eigenvalue weighted by Crippen LogP contribution is 2.54. The van der Waals surface area contributed by atoms with Crippen molar-refractivity contribution in [3.05, 3.63) is 99.7 Å². The Balaban J connectivity index is 0.889. The molecule has 2 saturated heterocycles. The number of aromatic amines is 1. The van der Waals surface area contributed by atoms with Crippen LogP contribution < -0.4 is 34.5 Å². The molecule has 378 valence electrons. The number of H-pyrrole nitrogens is 1. The number of aliphatic hydroxyl groups is 1. The van der Waals surface area contributed by atoms with E-state index in [9.17, 15) is 28.4 Å². The maximum absolute atomic E-state index is 14.4. The van der Waals surface area contributed by atoms with Crippen molar-refractivity contribution >= 4 is 44.0 Å². The molecule has 0 bridgehead atoms. The molecule has 1 amide bonds. The minimum atomic E-state index is -4.71. The number of fused-ring (bicyclic) bond motifs is 2. The Morgan fingerprint density at radius 1 is 1.01 bits per heavy atom. The number of sulfonamides is 1. The summed E-state index contributed by atoms with van der Waals surface area (Å²) in [6, 6.07) is 20.6. The third-order valence-corrected chi connectivity index (χ3v) is 17.3. The van der Waals surface area contributed by atoms with Crippen LogP contribution in [-0.4, -0.2) is 103 Å². The third-order valence-electron chi connectivity index (χ3n) is 16.0. The number of amides is 1. The summed E-state index contributed by atoms with van der Waals surface area (Å²) in [4.78, 5) is 38.5. The van der Waals surface area contributed by atoms with Crippen LogP contribution in [0.1, 0.15) is 118 Å². The third kappa shape index (κ3) is 10.00. The number of nitro groups is 1. The van der Waals surface area contributed by atoms with E-state index in [2.05, 4.69) is 73.2 Å². The van der Waals surface area contributed by atoms with Crippen molar-refractivity contribution in [1.82, 2.24) is 24.9 Å². The highest BCUT2D eigenvalue weighted by Gasteiger charge is 2.50. The number of anilines is 2. The topological polar surface area (TPSA) is 214 Å². The standard InChI is InChI=1S/C53H66N8O9S/c1-33(2)39-8-5-6-9-40(39)43-10-7-22-60(43)37-30-53(31-37)18-23-59(24-19-53)36-11-12-41(45(27-36)70-47-26-35-15-20-55-49(35)57-51(47)68-25-21-54-4)50(62)58-71(66,67)38-28-44(61(64)65)48-46(29-38)69-32-42(56-48)34-13-16-52(3,63)17-14-34/h5-6,8-9,11-12,15,20,26-29,33-34,37,42-43,54,56,63H,7,10,13-14,16-19,21-25,30-32H2,1-4H3,(H,55,57)(H,58,62)/t34-,42-,43+,52-/m1/s1. The number of nitrogens with zero attached hydrogens (tertiary/aromatic N) is 4. The van der Waals surface area contributed by atoms with Crippen LogP contribution in [0.15, 0.2) is 77.8 Å². The molecule has 1 spiro atoms. The summed E-state index contributed by atoms with van der Waals surface area (Å²) >= 11 is 0. The monoisotopic (exact) mass is 990 g/mol. The quantitative estimate of drug-likeness (QED) is 0.0377. The second-order valence-corrected chi connectivity index (χ2v) is 22.8. The molecule has 5 N–H and O–H groups in total. The molecule has 2 aromatic heterocycles. The minimum Gasteiger partial charge on any atom is -0.489 e. The molecule has 2 aliphatic carbocycles. The lowest BCUT2D eigenvalue weighted by atomic mass is 9.59. The molecule has 0 radical (unpaired) electrons. The molecule has 0 unspecified atom stereocenters. The zero-order valence-electron chi connectivity index (χ0n) is 41.0. The number of rotatable bonds is 15. The van der Waals surface area contributed by atoms with Crippen LogP contribution in [0.4, 0.5) is 17.1 Å². The normalized spacial score (nSPS) is 23.5. The van der Waals surface area contributed by atoms with E-state index in [1.165, 1.54) is 42.9 Å². The van der Waals surface area contributed by atoms with Crippen LogP contribution in [-0.2, 0) is 10.0 Å². The van der Waals surface area contributed by atoms with Crippen molar-refractivity contribution in [3.63, 3.8) is 0 Å². The van der Waals surface area contributed by atoms with Gasteiger partial charge in [-0.2, -0.15) is 4.98 Å². The molecule has 5 aromatic rings. The fourth-order valence-corrected chi connectivity index (χ4v) is 12.9. The molecular formula is C53H66N8O9S. The minimum absolute atomic E-state index is 0.00806. The highest BCUT2D eigenvalue weighted by atomic mass is 32.2. The molecule has 18 heteroatoms. The predicted octanol–water partition coefficient (Wildman–Crippen LogP) is 8.80. The summed E-state index contributed by atoms with van der Waals surface area (Å²) in [5, 5.41) is 30.0. The predicted molar refractivity (Wildman–Crippen MR) is 271 cm³/mol. The number of pyridine rings is 1. The van der Waals surface area contributed by atoms with Gasteiger partial charge in [0.25, 0.3) is 27.5 Å². The largest absolute Gasteiger partial charge is 0.489 e. The summed E-state index contributed by atoms with van der Waals surface area (Å²) in [6.45, 7) is 10.1. The zero-order chi connectivity index (χ0) is 49.7. The van der Waals surface area contributed by atoms with E-state index in [0.717, 1.165) is 49.6 Å². The maximum Gasteiger partial charge on any atom is 0.297 e. The van der Waals surface area contributed by atoms with Gasteiger partial charge in [0.15, 0.2) is 17.2 Å². The van der Waals surface area contributed by atoms with E-state index < -0.39 is 37.0 Å². The second-order valence-electron chi connectivity index (χ2n) is 21.1. The van der Waals surface area contributed by atoms with Crippen molar-refractivity contribution in [1.29, 1.82) is 0 Å². The van der Waals surface area contributed by atoms with E-state index in [-0.39, 0.29) is 65.0 Å². The second kappa shape index (κ2) is 19.6. The summed E-state index contributed by atoms with van der Waals surface area (Å²) < 4.78 is 49.1. The van der Waals surface area contributed by atoms with Gasteiger partial charge in [-0.15, -0.1) is 0 Å². The number of likely N-dealkylation sites (N-methyl/N-ethyl adjacent to an activating group) is 1. The Kier molecular flexibility index (Phi) is 13.4. The van der Waals surface area contributed by atoms with Gasteiger partial charge in [-0.05, 0) is 137 Å². The highest BCUT2D eigenvalue weighted by molar-refractivity contribution is 7.90. The van der Waals surface area contributed by atoms with Crippen molar-refractivity contribution in [2.75, 3.05) is 56.7 Å². The fraction of sp³-hybridized carbons (Fsp3) is 0.509. The first-order valence-electron chi connectivity index (χ1n) is 25.3. The zero-order valence-corrected chi connectivity index (χ0v) is 41.9. The van der Waals surface area contributed by atoms with E-state index in [1.54, 1.807) is 24.4 Å². The van der Waals surface area contributed by atoms with Crippen LogP contribution in [0.5, 0.6) is 23.1 Å². The van der Waals surface area contributed by atoms with E-state index >= 15 is 0 Å². The van der Waals surface area contributed by atoms with Crippen molar-refractivity contribution in [2.24, 2.45) is 11.3 Å². The lowest BCUT2D eigenvalue weighted by Gasteiger charge is -2.56. The number of hydrogen-bond donors (Lipinski definition) is 5. The van der Waals surface area contributed by atoms with Crippen molar-refractivity contribution < 1.29 is 37.5 Å². The first-order valence-corrected chi connectivity index (χ1v) is 26.8. The average molecular weight is 991 g/mol. The number of nitrogens with one attached hydrogen (secondary N) is 4. The molecule has 3 aromatic carbocycles. The number of piperidine rings is 1. The van der Waals surface area contributed by atoms with Crippen LogP contribution in [0.3, 0.4) is 0 Å². The fourth-order valence-electron chi connectivity index (χ4n) is 11.9. The van der Waals surface area contributed by atoms with Crippen LogP contribution >= 0.6 is 0 Å². The molecule has 2 atom stereocenters. The molecule has 4 fully saturated rings. The average Bonchev–Trinajstić information content (AvgIpc) is 4.02. The number of ether oxygens (including phenoxy) is 3. The Labute approximate surface area is 415 Å².